The Morgan fingerprint density at radius 1 is 0.609 bits per heavy atom. The number of rotatable bonds is 1. The quantitative estimate of drug-likeness (QED) is 0.376. The topological polar surface area (TPSA) is 0 Å². The van der Waals surface area contributed by atoms with Gasteiger partial charge in [0.05, 0.1) is 0 Å². The minimum absolute atomic E-state index is 1.35. The van der Waals surface area contributed by atoms with Crippen molar-refractivity contribution < 1.29 is 0 Å². The summed E-state index contributed by atoms with van der Waals surface area (Å²) in [5.41, 5.74) is 2.48. The van der Waals surface area contributed by atoms with Crippen LogP contribution in [0.1, 0.15) is 0 Å². The van der Waals surface area contributed by atoms with Gasteiger partial charge in [-0.1, -0.05) is 0 Å². The molecule has 0 aliphatic carbocycles. The molecule has 1 aliphatic heterocycles. The van der Waals surface area contributed by atoms with Crippen molar-refractivity contribution in [2.24, 2.45) is 0 Å². The van der Waals surface area contributed by atoms with Crippen LogP contribution in [0.4, 0.5) is 0 Å². The molecule has 3 aromatic rings. The van der Waals surface area contributed by atoms with E-state index in [1.807, 2.05) is 0 Å². The van der Waals surface area contributed by atoms with Crippen LogP contribution in [0.25, 0.3) is 9.73 Å². The van der Waals surface area contributed by atoms with E-state index in [-0.39, 0.29) is 0 Å². The van der Waals surface area contributed by atoms with Gasteiger partial charge in [-0.15, -0.1) is 0 Å². The van der Waals surface area contributed by atoms with Gasteiger partial charge in [0, 0.05) is 0 Å². The molecule has 2 heteroatoms. The van der Waals surface area contributed by atoms with Gasteiger partial charge in [-0.2, -0.15) is 0 Å². The van der Waals surface area contributed by atoms with Gasteiger partial charge in [-0.25, -0.2) is 0 Å². The van der Waals surface area contributed by atoms with E-state index in [1.54, 1.807) is 0 Å². The first-order valence-electron chi connectivity index (χ1n) is 7.75. The molecule has 0 saturated heterocycles. The van der Waals surface area contributed by atoms with Gasteiger partial charge in [-0.3, -0.25) is 0 Å². The standard InChI is InChI=1S/C21H18AsI/c1-22(23,19-11-3-2-4-12-19)15-17-9-5-7-13-20(17)21-14-8-6-10-18(21)16-22/h2-16H,1H3. The summed E-state index contributed by atoms with van der Waals surface area (Å²) in [5.74, 6) is 0. The van der Waals surface area contributed by atoms with Crippen LogP contribution in [0.2, 0.25) is 5.71 Å². The van der Waals surface area contributed by atoms with Gasteiger partial charge in [0.1, 0.15) is 0 Å². The van der Waals surface area contributed by atoms with Gasteiger partial charge in [0.15, 0.2) is 0 Å². The summed E-state index contributed by atoms with van der Waals surface area (Å²) in [6, 6.07) is 28.6. The van der Waals surface area contributed by atoms with Crippen molar-refractivity contribution in [3.05, 3.63) is 99.7 Å². The second-order valence-electron chi connectivity index (χ2n) is 6.36. The zero-order chi connectivity index (χ0) is 15.9. The molecule has 0 bridgehead atoms. The average Bonchev–Trinajstić information content (AvgIpc) is 2.67. The maximum absolute atomic E-state index is 2.98. The first kappa shape index (κ1) is 15.2. The molecule has 0 saturated carbocycles. The predicted molar refractivity (Wildman–Crippen MR) is 110 cm³/mol. The molecule has 0 atom stereocenters. The van der Waals surface area contributed by atoms with Crippen molar-refractivity contribution in [1.29, 1.82) is 0 Å². The Morgan fingerprint density at radius 2 is 1.04 bits per heavy atom. The van der Waals surface area contributed by atoms with E-state index in [4.69, 9.17) is 0 Å². The first-order valence-corrected chi connectivity index (χ1v) is 18.5. The van der Waals surface area contributed by atoms with Gasteiger partial charge < -0.3 is 0 Å². The second kappa shape index (κ2) is 5.36. The molecule has 114 valence electrons. The number of halogens is 1. The van der Waals surface area contributed by atoms with E-state index in [9.17, 15) is 0 Å². The van der Waals surface area contributed by atoms with E-state index in [0.29, 0.717) is 0 Å². The van der Waals surface area contributed by atoms with Crippen molar-refractivity contribution in [3.8, 4) is 0 Å². The summed E-state index contributed by atoms with van der Waals surface area (Å²) in [5, 5.41) is 5.41. The van der Waals surface area contributed by atoms with Crippen LogP contribution in [-0.4, -0.2) is 9.10 Å². The molecular weight excluding hydrogens is 454 g/mol. The molecule has 0 fully saturated rings. The normalized spacial score (nSPS) is 18.8. The summed E-state index contributed by atoms with van der Waals surface area (Å²) in [6.45, 7) is 0. The Hall–Kier alpha value is -1.31. The van der Waals surface area contributed by atoms with Crippen molar-refractivity contribution in [3.63, 3.8) is 0 Å². The number of hydrogen-bond donors (Lipinski definition) is 0. The molecule has 4 rings (SSSR count). The van der Waals surface area contributed by atoms with Gasteiger partial charge in [0.25, 0.3) is 0 Å². The fourth-order valence-corrected chi connectivity index (χ4v) is 14.7. The predicted octanol–water partition coefficient (Wildman–Crippen LogP) is 3.50. The second-order valence-corrected chi connectivity index (χ2v) is 28.5. The number of benzene rings is 3. The molecule has 3 aromatic carbocycles. The number of hydrogen-bond acceptors (Lipinski definition) is 0. The Balaban J connectivity index is 2.28. The Kier molecular flexibility index (Phi) is 3.55. The van der Waals surface area contributed by atoms with Crippen molar-refractivity contribution in [2.45, 2.75) is 5.71 Å². The van der Waals surface area contributed by atoms with E-state index in [2.05, 4.69) is 114 Å². The molecule has 0 radical (unpaired) electrons. The monoisotopic (exact) mass is 472 g/mol. The maximum atomic E-state index is 2.78. The molecule has 1 heterocycles. The van der Waals surface area contributed by atoms with Crippen LogP contribution in [0.15, 0.2) is 78.9 Å². The summed E-state index contributed by atoms with van der Waals surface area (Å²) < 4.78 is 1.47. The van der Waals surface area contributed by atoms with Crippen molar-refractivity contribution in [1.82, 2.24) is 0 Å². The van der Waals surface area contributed by atoms with Crippen LogP contribution in [0, 0.1) is 10.4 Å². The van der Waals surface area contributed by atoms with Gasteiger partial charge in [0.2, 0.25) is 0 Å². The van der Waals surface area contributed by atoms with Crippen molar-refractivity contribution in [2.75, 3.05) is 0 Å². The molecule has 0 unspecified atom stereocenters. The molecule has 0 nitrogen and oxygen atoms in total. The molecule has 23 heavy (non-hydrogen) atoms. The Morgan fingerprint density at radius 3 is 1.57 bits per heavy atom. The summed E-state index contributed by atoms with van der Waals surface area (Å²) in [6.07, 6.45) is 0. The summed E-state index contributed by atoms with van der Waals surface area (Å²) in [7, 11) is -2.98. The van der Waals surface area contributed by atoms with E-state index in [0.717, 1.165) is 0 Å². The minimum atomic E-state index is -2.98. The summed E-state index contributed by atoms with van der Waals surface area (Å²) in [4.78, 5) is 5.15. The third-order valence-electron chi connectivity index (χ3n) is 4.53. The zero-order valence-corrected chi connectivity index (χ0v) is 17.0. The van der Waals surface area contributed by atoms with Crippen LogP contribution in [0.3, 0.4) is 0 Å². The van der Waals surface area contributed by atoms with E-state index >= 15 is 0 Å². The van der Waals surface area contributed by atoms with Crippen LogP contribution in [0.5, 0.6) is 0 Å². The fourth-order valence-electron chi connectivity index (χ4n) is 3.38. The molecule has 0 aromatic heterocycles. The van der Waals surface area contributed by atoms with Gasteiger partial charge >= 0.3 is 149 Å². The molecular formula is C21H18AsI. The van der Waals surface area contributed by atoms with Crippen LogP contribution in [-0.2, 0) is 0 Å². The zero-order valence-electron chi connectivity index (χ0n) is 13.0. The first-order chi connectivity index (χ1) is 11.1. The third kappa shape index (κ3) is 2.60. The third-order valence-corrected chi connectivity index (χ3v) is 17.5. The van der Waals surface area contributed by atoms with Gasteiger partial charge in [-0.05, 0) is 0 Å². The summed E-state index contributed by atoms with van der Waals surface area (Å²) >= 11 is 2.78. The molecule has 0 spiro atoms. The Bertz CT molecular complexity index is 1030. The van der Waals surface area contributed by atoms with Crippen LogP contribution < -0.4 is 14.8 Å². The molecule has 0 amide bonds. The fraction of sp³-hybridized carbons (Fsp3) is 0.0476. The molecule has 1 aliphatic rings. The van der Waals surface area contributed by atoms with E-state index < -0.39 is 9.10 Å². The number of fused-ring (bicyclic) bond motifs is 2. The SMILES string of the molecule is C[As]1(I)(c2ccccc2)C=c2ccccc2=c2ccccc2=C1. The molecule has 0 N–H and O–H groups in total. The van der Waals surface area contributed by atoms with E-state index in [1.165, 1.54) is 25.2 Å². The van der Waals surface area contributed by atoms with Crippen LogP contribution >= 0.6 is 20.1 Å². The Labute approximate surface area is 148 Å². The van der Waals surface area contributed by atoms with Crippen molar-refractivity contribution >= 4 is 43.3 Å². The average molecular weight is 472 g/mol.